The van der Waals surface area contributed by atoms with E-state index in [9.17, 15) is 9.18 Å². The Morgan fingerprint density at radius 1 is 1.29 bits per heavy atom. The van der Waals surface area contributed by atoms with Crippen LogP contribution in [0.2, 0.25) is 0 Å². The SMILES string of the molecule is O=C(O)C1CCC(c2nc3c(F)cccc3n2C2CC2)C1. The van der Waals surface area contributed by atoms with Crippen LogP contribution in [-0.2, 0) is 4.79 Å². The number of aliphatic carboxylic acids is 1. The molecule has 0 amide bonds. The quantitative estimate of drug-likeness (QED) is 0.940. The molecule has 2 fully saturated rings. The molecular weight excluding hydrogens is 271 g/mol. The second kappa shape index (κ2) is 4.55. The Labute approximate surface area is 121 Å². The van der Waals surface area contributed by atoms with Gasteiger partial charge in [-0.3, -0.25) is 4.79 Å². The number of para-hydroxylation sites is 1. The smallest absolute Gasteiger partial charge is 0.306 e. The molecule has 0 saturated heterocycles. The molecule has 2 unspecified atom stereocenters. The summed E-state index contributed by atoms with van der Waals surface area (Å²) in [5.74, 6) is -0.272. The summed E-state index contributed by atoms with van der Waals surface area (Å²) >= 11 is 0. The Morgan fingerprint density at radius 3 is 2.76 bits per heavy atom. The number of aromatic nitrogens is 2. The molecule has 1 aromatic carbocycles. The third kappa shape index (κ3) is 2.03. The van der Waals surface area contributed by atoms with Gasteiger partial charge in [-0.2, -0.15) is 0 Å². The minimum absolute atomic E-state index is 0.137. The van der Waals surface area contributed by atoms with Gasteiger partial charge in [-0.15, -0.1) is 0 Å². The van der Waals surface area contributed by atoms with E-state index >= 15 is 0 Å². The van der Waals surface area contributed by atoms with Crippen LogP contribution in [0.5, 0.6) is 0 Å². The van der Waals surface area contributed by atoms with Gasteiger partial charge in [-0.05, 0) is 44.2 Å². The summed E-state index contributed by atoms with van der Waals surface area (Å²) in [6.45, 7) is 0. The first-order valence-electron chi connectivity index (χ1n) is 7.54. The van der Waals surface area contributed by atoms with Gasteiger partial charge in [0.25, 0.3) is 0 Å². The number of hydrogen-bond donors (Lipinski definition) is 1. The van der Waals surface area contributed by atoms with Crippen molar-refractivity contribution in [3.05, 3.63) is 29.8 Å². The Bertz CT molecular complexity index is 720. The van der Waals surface area contributed by atoms with Crippen molar-refractivity contribution >= 4 is 17.0 Å². The lowest BCUT2D eigenvalue weighted by molar-refractivity contribution is -0.141. The topological polar surface area (TPSA) is 55.1 Å². The van der Waals surface area contributed by atoms with Gasteiger partial charge in [0, 0.05) is 12.0 Å². The second-order valence-electron chi connectivity index (χ2n) is 6.22. The van der Waals surface area contributed by atoms with Gasteiger partial charge in [0.2, 0.25) is 0 Å². The first-order chi connectivity index (χ1) is 10.1. The molecule has 4 rings (SSSR count). The van der Waals surface area contributed by atoms with E-state index in [-0.39, 0.29) is 17.7 Å². The molecule has 21 heavy (non-hydrogen) atoms. The summed E-state index contributed by atoms with van der Waals surface area (Å²) in [6, 6.07) is 5.48. The molecule has 4 nitrogen and oxygen atoms in total. The predicted molar refractivity (Wildman–Crippen MR) is 75.7 cm³/mol. The number of carboxylic acid groups (broad SMARTS) is 1. The molecule has 2 aromatic rings. The van der Waals surface area contributed by atoms with Crippen LogP contribution in [-0.4, -0.2) is 20.6 Å². The van der Waals surface area contributed by atoms with Gasteiger partial charge in [0.1, 0.15) is 11.3 Å². The standard InChI is InChI=1S/C16H17FN2O2/c17-12-2-1-3-13-14(12)18-15(19(13)11-6-7-11)9-4-5-10(8-9)16(20)21/h1-3,9-11H,4-8H2,(H,20,21). The van der Waals surface area contributed by atoms with Crippen LogP contribution in [0.1, 0.15) is 49.9 Å². The highest BCUT2D eigenvalue weighted by Gasteiger charge is 2.37. The number of nitrogens with zero attached hydrogens (tertiary/aromatic N) is 2. The average molecular weight is 288 g/mol. The van der Waals surface area contributed by atoms with Crippen LogP contribution in [0.3, 0.4) is 0 Å². The van der Waals surface area contributed by atoms with Crippen LogP contribution < -0.4 is 0 Å². The van der Waals surface area contributed by atoms with Gasteiger partial charge < -0.3 is 9.67 Å². The van der Waals surface area contributed by atoms with Crippen LogP contribution in [0.15, 0.2) is 18.2 Å². The molecule has 2 aliphatic carbocycles. The van der Waals surface area contributed by atoms with E-state index in [1.54, 1.807) is 6.07 Å². The number of halogens is 1. The van der Waals surface area contributed by atoms with Gasteiger partial charge in [0.05, 0.1) is 11.4 Å². The minimum atomic E-state index is -0.724. The van der Waals surface area contributed by atoms with E-state index in [1.807, 2.05) is 6.07 Å². The Kier molecular flexibility index (Phi) is 2.77. The second-order valence-corrected chi connectivity index (χ2v) is 6.22. The van der Waals surface area contributed by atoms with Crippen LogP contribution in [0.25, 0.3) is 11.0 Å². The van der Waals surface area contributed by atoms with Crippen LogP contribution in [0, 0.1) is 11.7 Å². The van der Waals surface area contributed by atoms with Crippen molar-refractivity contribution in [3.8, 4) is 0 Å². The largest absolute Gasteiger partial charge is 0.481 e. The maximum Gasteiger partial charge on any atom is 0.306 e. The number of carboxylic acids is 1. The summed E-state index contributed by atoms with van der Waals surface area (Å²) < 4.78 is 16.1. The number of carbonyl (C=O) groups is 1. The predicted octanol–water partition coefficient (Wildman–Crippen LogP) is 3.48. The zero-order valence-electron chi connectivity index (χ0n) is 11.6. The monoisotopic (exact) mass is 288 g/mol. The van der Waals surface area contributed by atoms with E-state index in [4.69, 9.17) is 5.11 Å². The Balaban J connectivity index is 1.80. The van der Waals surface area contributed by atoms with E-state index in [2.05, 4.69) is 9.55 Å². The minimum Gasteiger partial charge on any atom is -0.481 e. The maximum atomic E-state index is 14.0. The summed E-state index contributed by atoms with van der Waals surface area (Å²) in [4.78, 5) is 15.7. The fourth-order valence-electron chi connectivity index (χ4n) is 3.55. The summed E-state index contributed by atoms with van der Waals surface area (Å²) in [5.41, 5.74) is 1.28. The number of benzene rings is 1. The molecular formula is C16H17FN2O2. The van der Waals surface area contributed by atoms with Gasteiger partial charge in [0.15, 0.2) is 5.82 Å². The first-order valence-corrected chi connectivity index (χ1v) is 7.54. The number of hydrogen-bond acceptors (Lipinski definition) is 2. The van der Waals surface area contributed by atoms with Gasteiger partial charge in [-0.25, -0.2) is 9.37 Å². The Hall–Kier alpha value is -1.91. The molecule has 0 aliphatic heterocycles. The fraction of sp³-hybridized carbons (Fsp3) is 0.500. The van der Waals surface area contributed by atoms with E-state index in [0.29, 0.717) is 24.4 Å². The van der Waals surface area contributed by atoms with Crippen molar-refractivity contribution in [3.63, 3.8) is 0 Å². The molecule has 5 heteroatoms. The van der Waals surface area contributed by atoms with Gasteiger partial charge in [-0.1, -0.05) is 6.07 Å². The molecule has 1 aromatic heterocycles. The third-order valence-corrected chi connectivity index (χ3v) is 4.76. The van der Waals surface area contributed by atoms with Crippen molar-refractivity contribution in [2.75, 3.05) is 0 Å². The highest BCUT2D eigenvalue weighted by atomic mass is 19.1. The Morgan fingerprint density at radius 2 is 2.10 bits per heavy atom. The highest BCUT2D eigenvalue weighted by Crippen LogP contribution is 2.45. The van der Waals surface area contributed by atoms with Crippen LogP contribution >= 0.6 is 0 Å². The van der Waals surface area contributed by atoms with Crippen molar-refractivity contribution in [1.29, 1.82) is 0 Å². The summed E-state index contributed by atoms with van der Waals surface area (Å²) in [7, 11) is 0. The lowest BCUT2D eigenvalue weighted by Gasteiger charge is -2.13. The highest BCUT2D eigenvalue weighted by molar-refractivity contribution is 5.77. The molecule has 1 heterocycles. The molecule has 0 spiro atoms. The van der Waals surface area contributed by atoms with Crippen molar-refractivity contribution in [2.24, 2.45) is 5.92 Å². The maximum absolute atomic E-state index is 14.0. The van der Waals surface area contributed by atoms with Gasteiger partial charge >= 0.3 is 5.97 Å². The van der Waals surface area contributed by atoms with E-state index in [1.165, 1.54) is 6.07 Å². The number of imidazole rings is 1. The third-order valence-electron chi connectivity index (χ3n) is 4.76. The molecule has 2 saturated carbocycles. The normalized spacial score (nSPS) is 25.6. The lowest BCUT2D eigenvalue weighted by Crippen LogP contribution is -2.11. The van der Waals surface area contributed by atoms with Crippen molar-refractivity contribution in [1.82, 2.24) is 9.55 Å². The van der Waals surface area contributed by atoms with Crippen molar-refractivity contribution < 1.29 is 14.3 Å². The first kappa shape index (κ1) is 12.8. The summed E-state index contributed by atoms with van der Waals surface area (Å²) in [5, 5.41) is 9.17. The average Bonchev–Trinajstić information content (AvgIpc) is 3.03. The molecule has 2 atom stereocenters. The number of rotatable bonds is 3. The molecule has 110 valence electrons. The molecule has 1 N–H and O–H groups in total. The van der Waals surface area contributed by atoms with E-state index in [0.717, 1.165) is 30.6 Å². The number of fused-ring (bicyclic) bond motifs is 1. The molecule has 0 bridgehead atoms. The molecule has 2 aliphatic rings. The zero-order chi connectivity index (χ0) is 14.6. The zero-order valence-corrected chi connectivity index (χ0v) is 11.6. The summed E-state index contributed by atoms with van der Waals surface area (Å²) in [6.07, 6.45) is 4.34. The lowest BCUT2D eigenvalue weighted by atomic mass is 10.0. The molecule has 0 radical (unpaired) electrons. The fourth-order valence-corrected chi connectivity index (χ4v) is 3.55. The van der Waals surface area contributed by atoms with Crippen molar-refractivity contribution in [2.45, 2.75) is 44.1 Å². The van der Waals surface area contributed by atoms with E-state index < -0.39 is 5.97 Å². The van der Waals surface area contributed by atoms with Crippen LogP contribution in [0.4, 0.5) is 4.39 Å².